The monoisotopic (exact) mass is 226 g/mol. The Kier molecular flexibility index (Phi) is 2.22. The molecule has 1 nitrogen and oxygen atoms in total. The number of thiazole rings is 1. The fraction of sp³-hybridized carbons (Fsp3) is 0.0714. The first-order valence-corrected chi connectivity index (χ1v) is 6.17. The molecular weight excluding hydrogens is 214 g/mol. The zero-order chi connectivity index (χ0) is 11.0. The maximum absolute atomic E-state index is 2.24. The number of hydrogen-bond donors (Lipinski definition) is 0. The molecule has 0 aliphatic heterocycles. The molecule has 16 heavy (non-hydrogen) atoms. The van der Waals surface area contributed by atoms with Gasteiger partial charge < -0.3 is 0 Å². The van der Waals surface area contributed by atoms with Crippen molar-refractivity contribution < 1.29 is 4.57 Å². The van der Waals surface area contributed by atoms with Crippen molar-refractivity contribution in [1.82, 2.24) is 0 Å². The number of rotatable bonds is 1. The van der Waals surface area contributed by atoms with E-state index >= 15 is 0 Å². The molecule has 0 unspecified atom stereocenters. The summed E-state index contributed by atoms with van der Waals surface area (Å²) >= 11 is 1.78. The summed E-state index contributed by atoms with van der Waals surface area (Å²) in [5.41, 5.74) is 5.96. The Morgan fingerprint density at radius 1 is 0.938 bits per heavy atom. The van der Waals surface area contributed by atoms with Gasteiger partial charge in [-0.2, -0.15) is 0 Å². The van der Waals surface area contributed by atoms with Crippen LogP contribution in [0.5, 0.6) is 0 Å². The van der Waals surface area contributed by atoms with E-state index in [0.717, 1.165) is 0 Å². The Balaban J connectivity index is 2.22. The summed E-state index contributed by atoms with van der Waals surface area (Å²) in [4.78, 5) is 0. The van der Waals surface area contributed by atoms with E-state index in [1.54, 1.807) is 11.3 Å². The molecule has 2 heteroatoms. The number of para-hydroxylation sites is 1. The molecule has 2 aromatic carbocycles. The van der Waals surface area contributed by atoms with Crippen LogP contribution in [-0.4, -0.2) is 0 Å². The summed E-state index contributed by atoms with van der Waals surface area (Å²) < 4.78 is 3.56. The molecule has 3 rings (SSSR count). The lowest BCUT2D eigenvalue weighted by atomic mass is 10.2. The van der Waals surface area contributed by atoms with Crippen LogP contribution in [0.2, 0.25) is 0 Å². The summed E-state index contributed by atoms with van der Waals surface area (Å²) in [6.07, 6.45) is 0. The predicted molar refractivity (Wildman–Crippen MR) is 68.1 cm³/mol. The van der Waals surface area contributed by atoms with E-state index in [9.17, 15) is 0 Å². The van der Waals surface area contributed by atoms with Crippen molar-refractivity contribution in [3.8, 4) is 5.69 Å². The maximum Gasteiger partial charge on any atom is 0.231 e. The van der Waals surface area contributed by atoms with Gasteiger partial charge in [0.05, 0.1) is 0 Å². The Labute approximate surface area is 98.6 Å². The van der Waals surface area contributed by atoms with Crippen LogP contribution >= 0.6 is 11.3 Å². The van der Waals surface area contributed by atoms with Gasteiger partial charge in [-0.05, 0) is 13.0 Å². The topological polar surface area (TPSA) is 3.88 Å². The first-order chi connectivity index (χ1) is 7.84. The second kappa shape index (κ2) is 3.72. The molecule has 0 bridgehead atoms. The molecule has 1 heterocycles. The summed E-state index contributed by atoms with van der Waals surface area (Å²) in [6.45, 7) is 2.11. The average molecular weight is 226 g/mol. The van der Waals surface area contributed by atoms with E-state index in [1.165, 1.54) is 21.5 Å². The molecule has 1 aromatic heterocycles. The molecule has 0 aliphatic carbocycles. The van der Waals surface area contributed by atoms with Crippen molar-refractivity contribution >= 4 is 21.6 Å². The molecule has 0 aliphatic rings. The molecule has 0 saturated heterocycles. The number of hydrogen-bond acceptors (Lipinski definition) is 1. The lowest BCUT2D eigenvalue weighted by molar-refractivity contribution is -0.562. The summed E-state index contributed by atoms with van der Waals surface area (Å²) in [7, 11) is 0. The molecule has 0 fully saturated rings. The van der Waals surface area contributed by atoms with Gasteiger partial charge in [-0.25, -0.2) is 0 Å². The van der Waals surface area contributed by atoms with Crippen molar-refractivity contribution in [2.24, 2.45) is 0 Å². The van der Waals surface area contributed by atoms with E-state index in [0.29, 0.717) is 0 Å². The molecule has 0 atom stereocenters. The lowest BCUT2D eigenvalue weighted by Gasteiger charge is -1.94. The van der Waals surface area contributed by atoms with Gasteiger partial charge >= 0.3 is 0 Å². The Morgan fingerprint density at radius 2 is 1.69 bits per heavy atom. The van der Waals surface area contributed by atoms with E-state index in [-0.39, 0.29) is 0 Å². The lowest BCUT2D eigenvalue weighted by Crippen LogP contribution is -2.27. The highest BCUT2D eigenvalue weighted by Crippen LogP contribution is 2.17. The quantitative estimate of drug-likeness (QED) is 0.559. The number of nitrogens with zero attached hydrogens (tertiary/aromatic N) is 1. The Bertz CT molecular complexity index is 623. The van der Waals surface area contributed by atoms with Crippen molar-refractivity contribution in [1.29, 1.82) is 0 Å². The van der Waals surface area contributed by atoms with Crippen LogP contribution in [0.3, 0.4) is 0 Å². The van der Waals surface area contributed by atoms with Crippen LogP contribution in [0.4, 0.5) is 0 Å². The van der Waals surface area contributed by atoms with Crippen LogP contribution in [0.25, 0.3) is 15.9 Å². The van der Waals surface area contributed by atoms with E-state index in [2.05, 4.69) is 65.5 Å². The molecular formula is C14H12NS+. The predicted octanol–water partition coefficient (Wildman–Crippen LogP) is 3.49. The van der Waals surface area contributed by atoms with E-state index in [4.69, 9.17) is 0 Å². The molecule has 0 N–H and O–H groups in total. The third-order valence-electron chi connectivity index (χ3n) is 2.72. The second-order valence-electron chi connectivity index (χ2n) is 3.90. The zero-order valence-electron chi connectivity index (χ0n) is 9.05. The van der Waals surface area contributed by atoms with Crippen molar-refractivity contribution in [2.45, 2.75) is 6.92 Å². The van der Waals surface area contributed by atoms with Gasteiger partial charge in [0.1, 0.15) is 4.70 Å². The molecule has 3 aromatic rings. The minimum absolute atomic E-state index is 1.23. The minimum Gasteiger partial charge on any atom is -0.150 e. The smallest absolute Gasteiger partial charge is 0.150 e. The Morgan fingerprint density at radius 3 is 2.50 bits per heavy atom. The third kappa shape index (κ3) is 1.51. The molecule has 0 amide bonds. The highest BCUT2D eigenvalue weighted by Gasteiger charge is 2.12. The maximum atomic E-state index is 2.24. The zero-order valence-corrected chi connectivity index (χ0v) is 9.87. The highest BCUT2D eigenvalue weighted by atomic mass is 32.1. The van der Waals surface area contributed by atoms with Crippen LogP contribution in [0, 0.1) is 6.92 Å². The number of aryl methyl sites for hydroxylation is 1. The van der Waals surface area contributed by atoms with Gasteiger partial charge in [-0.15, -0.1) is 4.57 Å². The fourth-order valence-corrected chi connectivity index (χ4v) is 2.73. The summed E-state index contributed by atoms with van der Waals surface area (Å²) in [6, 6.07) is 17.1. The molecule has 78 valence electrons. The standard InChI is InChI=1S/C14H12NS/c1-11-6-8-12(9-7-11)15-10-16-14-5-3-2-4-13(14)15/h2-10H,1H3/q+1. The van der Waals surface area contributed by atoms with E-state index in [1.807, 2.05) is 0 Å². The van der Waals surface area contributed by atoms with Gasteiger partial charge in [0.25, 0.3) is 0 Å². The molecule has 0 saturated carbocycles. The summed E-state index contributed by atoms with van der Waals surface area (Å²) in [5.74, 6) is 0. The molecule has 0 radical (unpaired) electrons. The second-order valence-corrected chi connectivity index (χ2v) is 4.78. The fourth-order valence-electron chi connectivity index (χ4n) is 1.83. The number of fused-ring (bicyclic) bond motifs is 1. The molecule has 0 spiro atoms. The highest BCUT2D eigenvalue weighted by molar-refractivity contribution is 7.16. The number of benzene rings is 2. The largest absolute Gasteiger partial charge is 0.231 e. The normalized spacial score (nSPS) is 10.8. The van der Waals surface area contributed by atoms with Crippen LogP contribution < -0.4 is 4.57 Å². The van der Waals surface area contributed by atoms with Crippen LogP contribution in [0.1, 0.15) is 5.56 Å². The summed E-state index contributed by atoms with van der Waals surface area (Å²) in [5, 5.41) is 0. The van der Waals surface area contributed by atoms with Gasteiger partial charge in [0.15, 0.2) is 0 Å². The van der Waals surface area contributed by atoms with Crippen LogP contribution in [-0.2, 0) is 0 Å². The van der Waals surface area contributed by atoms with Crippen molar-refractivity contribution in [3.63, 3.8) is 0 Å². The Hall–Kier alpha value is -1.67. The van der Waals surface area contributed by atoms with Gasteiger partial charge in [-0.1, -0.05) is 41.2 Å². The van der Waals surface area contributed by atoms with E-state index < -0.39 is 0 Å². The first-order valence-electron chi connectivity index (χ1n) is 5.29. The van der Waals surface area contributed by atoms with Gasteiger partial charge in [0.2, 0.25) is 16.7 Å². The van der Waals surface area contributed by atoms with Crippen molar-refractivity contribution in [3.05, 3.63) is 59.6 Å². The first kappa shape index (κ1) is 9.55. The third-order valence-corrected chi connectivity index (χ3v) is 3.64. The number of aromatic nitrogens is 1. The van der Waals surface area contributed by atoms with Gasteiger partial charge in [-0.3, -0.25) is 0 Å². The average Bonchev–Trinajstić information content (AvgIpc) is 2.74. The van der Waals surface area contributed by atoms with Crippen molar-refractivity contribution in [2.75, 3.05) is 0 Å². The minimum atomic E-state index is 1.23. The van der Waals surface area contributed by atoms with Crippen LogP contribution in [0.15, 0.2) is 54.0 Å². The van der Waals surface area contributed by atoms with Gasteiger partial charge in [0, 0.05) is 18.2 Å². The SMILES string of the molecule is Cc1ccc(-[n+]2csc3ccccc32)cc1.